The number of halogens is 1. The number of hydrogen-bond acceptors (Lipinski definition) is 3. The fourth-order valence-electron chi connectivity index (χ4n) is 2.29. The number of nitrogens with zero attached hydrogens (tertiary/aromatic N) is 1. The first kappa shape index (κ1) is 13.4. The third-order valence-corrected chi connectivity index (χ3v) is 3.48. The minimum Gasteiger partial charge on any atom is -0.380 e. The predicted molar refractivity (Wildman–Crippen MR) is 81.1 cm³/mol. The molecular formula is C17H15FN2O. The lowest BCUT2D eigenvalue weighted by atomic mass is 10.0. The van der Waals surface area contributed by atoms with Gasteiger partial charge in [0, 0.05) is 5.56 Å². The number of anilines is 1. The lowest BCUT2D eigenvalue weighted by molar-refractivity contribution is 0.436. The van der Waals surface area contributed by atoms with Crippen LogP contribution < -0.4 is 5.73 Å². The summed E-state index contributed by atoms with van der Waals surface area (Å²) in [6.07, 6.45) is 0.976. The Morgan fingerprint density at radius 2 is 1.62 bits per heavy atom. The van der Waals surface area contributed by atoms with Crippen LogP contribution in [0.25, 0.3) is 22.5 Å². The predicted octanol–water partition coefficient (Wildman–Crippen LogP) is 4.29. The molecule has 0 saturated carbocycles. The highest BCUT2D eigenvalue weighted by atomic mass is 19.1. The van der Waals surface area contributed by atoms with Gasteiger partial charge in [0.05, 0.1) is 5.56 Å². The summed E-state index contributed by atoms with van der Waals surface area (Å²) in [5.41, 5.74) is 9.53. The van der Waals surface area contributed by atoms with E-state index in [4.69, 9.17) is 10.3 Å². The van der Waals surface area contributed by atoms with Gasteiger partial charge in [-0.3, -0.25) is 0 Å². The Bertz CT molecular complexity index is 745. The van der Waals surface area contributed by atoms with Crippen LogP contribution in [0.15, 0.2) is 53.1 Å². The fraction of sp³-hybridized carbons (Fsp3) is 0.118. The Balaban J connectivity index is 2.09. The number of benzene rings is 2. The fourth-order valence-corrected chi connectivity index (χ4v) is 2.29. The molecule has 106 valence electrons. The number of nitrogens with two attached hydrogens (primary N) is 1. The first-order chi connectivity index (χ1) is 10.2. The number of aromatic nitrogens is 1. The summed E-state index contributed by atoms with van der Waals surface area (Å²) in [5, 5.41) is 3.84. The second-order valence-electron chi connectivity index (χ2n) is 4.83. The first-order valence-corrected chi connectivity index (χ1v) is 6.79. The maximum absolute atomic E-state index is 13.1. The molecule has 0 aliphatic carbocycles. The average molecular weight is 282 g/mol. The second-order valence-corrected chi connectivity index (χ2v) is 4.83. The largest absolute Gasteiger partial charge is 0.380 e. The minimum atomic E-state index is -0.289. The number of aryl methyl sites for hydroxylation is 1. The Hall–Kier alpha value is -2.62. The van der Waals surface area contributed by atoms with E-state index in [-0.39, 0.29) is 5.82 Å². The van der Waals surface area contributed by atoms with Crippen LogP contribution >= 0.6 is 0 Å². The lowest BCUT2D eigenvalue weighted by Gasteiger charge is -2.04. The molecule has 0 fully saturated rings. The van der Waals surface area contributed by atoms with Gasteiger partial charge in [0.2, 0.25) is 0 Å². The molecule has 0 radical (unpaired) electrons. The van der Waals surface area contributed by atoms with Gasteiger partial charge >= 0.3 is 0 Å². The van der Waals surface area contributed by atoms with Crippen molar-refractivity contribution < 1.29 is 8.91 Å². The minimum absolute atomic E-state index is 0.289. The Labute approximate surface area is 122 Å². The van der Waals surface area contributed by atoms with Crippen LogP contribution in [0.2, 0.25) is 0 Å². The number of nitrogen functional groups attached to an aromatic ring is 1. The smallest absolute Gasteiger partial charge is 0.176 e. The lowest BCUT2D eigenvalue weighted by Crippen LogP contribution is -1.89. The Morgan fingerprint density at radius 1 is 1.00 bits per heavy atom. The molecule has 0 aliphatic heterocycles. The third-order valence-electron chi connectivity index (χ3n) is 3.48. The summed E-state index contributed by atoms with van der Waals surface area (Å²) in [6.45, 7) is 2.10. The van der Waals surface area contributed by atoms with E-state index < -0.39 is 0 Å². The highest BCUT2D eigenvalue weighted by Crippen LogP contribution is 2.36. The Kier molecular flexibility index (Phi) is 3.44. The quantitative estimate of drug-likeness (QED) is 0.779. The van der Waals surface area contributed by atoms with Crippen molar-refractivity contribution in [2.24, 2.45) is 0 Å². The van der Waals surface area contributed by atoms with Gasteiger partial charge in [-0.1, -0.05) is 48.5 Å². The summed E-state index contributed by atoms with van der Waals surface area (Å²) in [7, 11) is 0. The van der Waals surface area contributed by atoms with Gasteiger partial charge in [0.1, 0.15) is 5.82 Å². The highest BCUT2D eigenvalue weighted by Gasteiger charge is 2.17. The molecule has 2 N–H and O–H groups in total. The van der Waals surface area contributed by atoms with E-state index in [1.807, 2.05) is 24.3 Å². The van der Waals surface area contributed by atoms with Crippen molar-refractivity contribution >= 4 is 5.82 Å². The molecule has 0 amide bonds. The van der Waals surface area contributed by atoms with E-state index in [0.717, 1.165) is 17.5 Å². The van der Waals surface area contributed by atoms with Gasteiger partial charge in [-0.2, -0.15) is 0 Å². The molecule has 1 heterocycles. The van der Waals surface area contributed by atoms with Crippen molar-refractivity contribution in [1.29, 1.82) is 0 Å². The molecule has 3 rings (SSSR count). The standard InChI is InChI=1S/C17H15FN2O/c1-2-11-3-5-13(6-4-11)16-15(17(19)20-21-16)12-7-9-14(18)10-8-12/h3-10H,2H2,1H3,(H2,19,20). The number of rotatable bonds is 3. The highest BCUT2D eigenvalue weighted by molar-refractivity contribution is 5.86. The molecule has 21 heavy (non-hydrogen) atoms. The van der Waals surface area contributed by atoms with Gasteiger partial charge in [-0.25, -0.2) is 4.39 Å². The summed E-state index contributed by atoms with van der Waals surface area (Å²) in [4.78, 5) is 0. The molecule has 0 spiro atoms. The van der Waals surface area contributed by atoms with E-state index in [1.54, 1.807) is 12.1 Å². The van der Waals surface area contributed by atoms with Crippen LogP contribution in [0.4, 0.5) is 10.2 Å². The third kappa shape index (κ3) is 2.52. The zero-order valence-corrected chi connectivity index (χ0v) is 11.6. The summed E-state index contributed by atoms with van der Waals surface area (Å²) in [5.74, 6) is 0.612. The van der Waals surface area contributed by atoms with Crippen molar-refractivity contribution in [3.8, 4) is 22.5 Å². The number of hydrogen-bond donors (Lipinski definition) is 1. The van der Waals surface area contributed by atoms with Crippen molar-refractivity contribution in [2.75, 3.05) is 5.73 Å². The van der Waals surface area contributed by atoms with Crippen LogP contribution in [0.5, 0.6) is 0 Å². The van der Waals surface area contributed by atoms with E-state index in [9.17, 15) is 4.39 Å². The van der Waals surface area contributed by atoms with Crippen LogP contribution in [-0.4, -0.2) is 5.16 Å². The van der Waals surface area contributed by atoms with Crippen LogP contribution in [-0.2, 0) is 6.42 Å². The second kappa shape index (κ2) is 5.40. The maximum atomic E-state index is 13.1. The SMILES string of the molecule is CCc1ccc(-c2onc(N)c2-c2ccc(F)cc2)cc1. The summed E-state index contributed by atoms with van der Waals surface area (Å²) < 4.78 is 18.4. The Morgan fingerprint density at radius 3 is 2.24 bits per heavy atom. The molecular weight excluding hydrogens is 267 g/mol. The van der Waals surface area contributed by atoms with Crippen LogP contribution in [0.3, 0.4) is 0 Å². The van der Waals surface area contributed by atoms with E-state index in [1.165, 1.54) is 17.7 Å². The molecule has 4 heteroatoms. The monoisotopic (exact) mass is 282 g/mol. The van der Waals surface area contributed by atoms with E-state index >= 15 is 0 Å². The normalized spacial score (nSPS) is 10.8. The van der Waals surface area contributed by atoms with Crippen molar-refractivity contribution in [3.63, 3.8) is 0 Å². The van der Waals surface area contributed by atoms with E-state index in [0.29, 0.717) is 17.1 Å². The first-order valence-electron chi connectivity index (χ1n) is 6.79. The molecule has 0 saturated heterocycles. The zero-order chi connectivity index (χ0) is 14.8. The maximum Gasteiger partial charge on any atom is 0.176 e. The van der Waals surface area contributed by atoms with Gasteiger partial charge in [-0.05, 0) is 29.7 Å². The van der Waals surface area contributed by atoms with Crippen LogP contribution in [0, 0.1) is 5.82 Å². The van der Waals surface area contributed by atoms with Crippen molar-refractivity contribution in [3.05, 3.63) is 59.9 Å². The van der Waals surface area contributed by atoms with Gasteiger partial charge in [-0.15, -0.1) is 0 Å². The molecule has 3 aromatic rings. The topological polar surface area (TPSA) is 52.0 Å². The molecule has 1 aromatic heterocycles. The molecule has 0 atom stereocenters. The molecule has 0 aliphatic rings. The average Bonchev–Trinajstić information content (AvgIpc) is 2.90. The van der Waals surface area contributed by atoms with Gasteiger partial charge < -0.3 is 10.3 Å². The van der Waals surface area contributed by atoms with Gasteiger partial charge in [0.25, 0.3) is 0 Å². The van der Waals surface area contributed by atoms with Crippen LogP contribution in [0.1, 0.15) is 12.5 Å². The molecule has 2 aromatic carbocycles. The van der Waals surface area contributed by atoms with Gasteiger partial charge in [0.15, 0.2) is 11.6 Å². The molecule has 0 bridgehead atoms. The van der Waals surface area contributed by atoms with Crippen molar-refractivity contribution in [2.45, 2.75) is 13.3 Å². The van der Waals surface area contributed by atoms with E-state index in [2.05, 4.69) is 12.1 Å². The zero-order valence-electron chi connectivity index (χ0n) is 11.6. The molecule has 3 nitrogen and oxygen atoms in total. The summed E-state index contributed by atoms with van der Waals surface area (Å²) >= 11 is 0. The van der Waals surface area contributed by atoms with Crippen molar-refractivity contribution in [1.82, 2.24) is 5.16 Å². The molecule has 0 unspecified atom stereocenters. The summed E-state index contributed by atoms with van der Waals surface area (Å²) in [6, 6.07) is 14.2.